The number of ether oxygens (including phenoxy) is 1. The highest BCUT2D eigenvalue weighted by Crippen LogP contribution is 2.27. The molecular formula is C18H22BrNO. The van der Waals surface area contributed by atoms with Crippen LogP contribution in [-0.2, 0) is 6.54 Å². The molecule has 0 aliphatic heterocycles. The van der Waals surface area contributed by atoms with Gasteiger partial charge in [-0.15, -0.1) is 0 Å². The number of rotatable bonds is 6. The second-order valence-electron chi connectivity index (χ2n) is 5.29. The van der Waals surface area contributed by atoms with Crippen molar-refractivity contribution < 1.29 is 4.74 Å². The average molecular weight is 348 g/mol. The van der Waals surface area contributed by atoms with Crippen LogP contribution in [0, 0.1) is 13.8 Å². The van der Waals surface area contributed by atoms with E-state index in [9.17, 15) is 0 Å². The number of benzene rings is 2. The zero-order valence-corrected chi connectivity index (χ0v) is 14.5. The van der Waals surface area contributed by atoms with Gasteiger partial charge in [-0.3, -0.25) is 0 Å². The maximum atomic E-state index is 5.67. The van der Waals surface area contributed by atoms with Crippen LogP contribution in [0.4, 0.5) is 5.69 Å². The summed E-state index contributed by atoms with van der Waals surface area (Å²) in [5, 5.41) is 3.50. The standard InChI is InChI=1S/C18H22BrNO/c1-4-9-21-18-8-7-15(11-16(18)19)12-20-17-10-13(2)5-6-14(17)3/h5-8,10-11,20H,4,9,12H2,1-3H3. The van der Waals surface area contributed by atoms with Gasteiger partial charge in [-0.2, -0.15) is 0 Å². The summed E-state index contributed by atoms with van der Waals surface area (Å²) in [5.41, 5.74) is 4.96. The molecule has 0 spiro atoms. The third-order valence-corrected chi connectivity index (χ3v) is 3.95. The largest absolute Gasteiger partial charge is 0.492 e. The summed E-state index contributed by atoms with van der Waals surface area (Å²) in [5.74, 6) is 0.910. The lowest BCUT2D eigenvalue weighted by atomic mass is 10.1. The summed E-state index contributed by atoms with van der Waals surface area (Å²) in [7, 11) is 0. The Morgan fingerprint density at radius 3 is 2.62 bits per heavy atom. The number of nitrogens with one attached hydrogen (secondary N) is 1. The fourth-order valence-corrected chi connectivity index (χ4v) is 2.65. The van der Waals surface area contributed by atoms with Gasteiger partial charge in [-0.25, -0.2) is 0 Å². The molecule has 3 heteroatoms. The molecule has 0 atom stereocenters. The maximum Gasteiger partial charge on any atom is 0.133 e. The first-order valence-electron chi connectivity index (χ1n) is 7.32. The van der Waals surface area contributed by atoms with E-state index in [1.54, 1.807) is 0 Å². The van der Waals surface area contributed by atoms with Crippen molar-refractivity contribution in [2.75, 3.05) is 11.9 Å². The Morgan fingerprint density at radius 2 is 1.90 bits per heavy atom. The van der Waals surface area contributed by atoms with Crippen LogP contribution >= 0.6 is 15.9 Å². The molecule has 0 saturated heterocycles. The smallest absolute Gasteiger partial charge is 0.133 e. The third kappa shape index (κ3) is 4.50. The van der Waals surface area contributed by atoms with Crippen molar-refractivity contribution in [3.05, 3.63) is 57.6 Å². The zero-order chi connectivity index (χ0) is 15.2. The number of halogens is 1. The van der Waals surface area contributed by atoms with Crippen LogP contribution in [0.1, 0.15) is 30.0 Å². The minimum Gasteiger partial charge on any atom is -0.492 e. The van der Waals surface area contributed by atoms with Gasteiger partial charge >= 0.3 is 0 Å². The minimum absolute atomic E-state index is 0.749. The van der Waals surface area contributed by atoms with Crippen LogP contribution in [0.3, 0.4) is 0 Å². The van der Waals surface area contributed by atoms with Gasteiger partial charge in [0, 0.05) is 12.2 Å². The molecule has 21 heavy (non-hydrogen) atoms. The van der Waals surface area contributed by atoms with Gasteiger partial charge < -0.3 is 10.1 Å². The number of hydrogen-bond acceptors (Lipinski definition) is 2. The van der Waals surface area contributed by atoms with E-state index in [4.69, 9.17) is 4.74 Å². The molecule has 0 heterocycles. The van der Waals surface area contributed by atoms with E-state index in [1.807, 2.05) is 6.07 Å². The molecule has 2 nitrogen and oxygen atoms in total. The molecule has 0 saturated carbocycles. The first-order chi connectivity index (χ1) is 10.1. The van der Waals surface area contributed by atoms with E-state index in [2.05, 4.69) is 72.3 Å². The number of anilines is 1. The molecule has 0 unspecified atom stereocenters. The number of aryl methyl sites for hydroxylation is 2. The monoisotopic (exact) mass is 347 g/mol. The number of hydrogen-bond donors (Lipinski definition) is 1. The highest BCUT2D eigenvalue weighted by Gasteiger charge is 2.04. The van der Waals surface area contributed by atoms with Crippen molar-refractivity contribution >= 4 is 21.6 Å². The molecule has 0 radical (unpaired) electrons. The van der Waals surface area contributed by atoms with Gasteiger partial charge in [0.15, 0.2) is 0 Å². The normalized spacial score (nSPS) is 10.5. The molecule has 112 valence electrons. The summed E-state index contributed by atoms with van der Waals surface area (Å²) in [4.78, 5) is 0. The molecular weight excluding hydrogens is 326 g/mol. The minimum atomic E-state index is 0.749. The van der Waals surface area contributed by atoms with Gasteiger partial charge in [-0.05, 0) is 71.1 Å². The maximum absolute atomic E-state index is 5.67. The van der Waals surface area contributed by atoms with E-state index >= 15 is 0 Å². The molecule has 2 aromatic carbocycles. The van der Waals surface area contributed by atoms with Crippen LogP contribution in [0.25, 0.3) is 0 Å². The average Bonchev–Trinajstić information content (AvgIpc) is 2.47. The van der Waals surface area contributed by atoms with Crippen molar-refractivity contribution in [3.8, 4) is 5.75 Å². The molecule has 2 aromatic rings. The van der Waals surface area contributed by atoms with Crippen molar-refractivity contribution in [2.24, 2.45) is 0 Å². The molecule has 2 rings (SSSR count). The van der Waals surface area contributed by atoms with E-state index in [0.717, 1.165) is 29.8 Å². The Bertz CT molecular complexity index is 610. The molecule has 0 aliphatic carbocycles. The third-order valence-electron chi connectivity index (χ3n) is 3.33. The van der Waals surface area contributed by atoms with Crippen LogP contribution in [-0.4, -0.2) is 6.61 Å². The van der Waals surface area contributed by atoms with Crippen LogP contribution in [0.5, 0.6) is 5.75 Å². The topological polar surface area (TPSA) is 21.3 Å². The van der Waals surface area contributed by atoms with Crippen molar-refractivity contribution in [1.29, 1.82) is 0 Å². The predicted molar refractivity (Wildman–Crippen MR) is 93.2 cm³/mol. The quantitative estimate of drug-likeness (QED) is 0.748. The first kappa shape index (κ1) is 15.9. The highest BCUT2D eigenvalue weighted by molar-refractivity contribution is 9.10. The molecule has 0 aliphatic rings. The Morgan fingerprint density at radius 1 is 1.10 bits per heavy atom. The molecule has 0 fully saturated rings. The van der Waals surface area contributed by atoms with Crippen LogP contribution < -0.4 is 10.1 Å². The second-order valence-corrected chi connectivity index (χ2v) is 6.14. The Hall–Kier alpha value is -1.48. The summed E-state index contributed by atoms with van der Waals surface area (Å²) in [6.45, 7) is 7.90. The van der Waals surface area contributed by atoms with E-state index in [1.165, 1.54) is 22.4 Å². The summed E-state index contributed by atoms with van der Waals surface area (Å²) >= 11 is 3.58. The first-order valence-corrected chi connectivity index (χ1v) is 8.12. The van der Waals surface area contributed by atoms with Crippen LogP contribution in [0.15, 0.2) is 40.9 Å². The Balaban J connectivity index is 2.03. The summed E-state index contributed by atoms with van der Waals surface area (Å²) < 4.78 is 6.68. The van der Waals surface area contributed by atoms with Crippen molar-refractivity contribution in [2.45, 2.75) is 33.7 Å². The lowest BCUT2D eigenvalue weighted by Gasteiger charge is -2.12. The van der Waals surface area contributed by atoms with Gasteiger partial charge in [0.2, 0.25) is 0 Å². The predicted octanol–water partition coefficient (Wildman–Crippen LogP) is 5.47. The lowest BCUT2D eigenvalue weighted by Crippen LogP contribution is -2.02. The van der Waals surface area contributed by atoms with E-state index < -0.39 is 0 Å². The van der Waals surface area contributed by atoms with Gasteiger partial charge in [0.05, 0.1) is 11.1 Å². The summed E-state index contributed by atoms with van der Waals surface area (Å²) in [6.07, 6.45) is 1.02. The van der Waals surface area contributed by atoms with E-state index in [0.29, 0.717) is 0 Å². The van der Waals surface area contributed by atoms with Gasteiger partial charge in [-0.1, -0.05) is 25.1 Å². The van der Waals surface area contributed by atoms with Gasteiger partial charge in [0.25, 0.3) is 0 Å². The fourth-order valence-electron chi connectivity index (χ4n) is 2.11. The zero-order valence-electron chi connectivity index (χ0n) is 12.9. The highest BCUT2D eigenvalue weighted by atomic mass is 79.9. The van der Waals surface area contributed by atoms with Crippen molar-refractivity contribution in [3.63, 3.8) is 0 Å². The summed E-state index contributed by atoms with van der Waals surface area (Å²) in [6, 6.07) is 12.7. The van der Waals surface area contributed by atoms with Crippen LogP contribution in [0.2, 0.25) is 0 Å². The molecule has 0 amide bonds. The second kappa shape index (κ2) is 7.51. The molecule has 0 bridgehead atoms. The SMILES string of the molecule is CCCOc1ccc(CNc2cc(C)ccc2C)cc1Br. The Kier molecular flexibility index (Phi) is 5.68. The lowest BCUT2D eigenvalue weighted by molar-refractivity contribution is 0.315. The van der Waals surface area contributed by atoms with Crippen molar-refractivity contribution in [1.82, 2.24) is 0 Å². The fraction of sp³-hybridized carbons (Fsp3) is 0.333. The molecule has 0 aromatic heterocycles. The van der Waals surface area contributed by atoms with E-state index in [-0.39, 0.29) is 0 Å². The Labute approximate surface area is 135 Å². The molecule has 1 N–H and O–H groups in total. The van der Waals surface area contributed by atoms with Gasteiger partial charge in [0.1, 0.15) is 5.75 Å².